The lowest BCUT2D eigenvalue weighted by Gasteiger charge is -2.22. The highest BCUT2D eigenvalue weighted by molar-refractivity contribution is 7.91. The van der Waals surface area contributed by atoms with Crippen LogP contribution in [0, 0.1) is 11.3 Å². The van der Waals surface area contributed by atoms with Crippen LogP contribution < -0.4 is 5.73 Å². The van der Waals surface area contributed by atoms with Gasteiger partial charge in [-0.1, -0.05) is 20.8 Å². The lowest BCUT2D eigenvalue weighted by molar-refractivity contribution is 0.331. The maximum atomic E-state index is 11.3. The average Bonchev–Trinajstić information content (AvgIpc) is 2.41. The van der Waals surface area contributed by atoms with Gasteiger partial charge in [0.2, 0.25) is 0 Å². The fourth-order valence-corrected chi connectivity index (χ4v) is 4.10. The summed E-state index contributed by atoms with van der Waals surface area (Å²) in [7, 11) is -2.74. The summed E-state index contributed by atoms with van der Waals surface area (Å²) in [5.41, 5.74) is 6.37. The van der Waals surface area contributed by atoms with Crippen molar-refractivity contribution in [2.24, 2.45) is 17.1 Å². The Morgan fingerprint density at radius 1 is 1.38 bits per heavy atom. The van der Waals surface area contributed by atoms with Gasteiger partial charge in [0.05, 0.1) is 11.5 Å². The third-order valence-corrected chi connectivity index (χ3v) is 5.06. The van der Waals surface area contributed by atoms with Crippen LogP contribution in [0.2, 0.25) is 0 Å². The Balaban J connectivity index is 2.28. The Kier molecular flexibility index (Phi) is 4.41. The standard InChI is InChI=1S/C12H25NO2S/c1-12(2,3)6-4-11(13)8-10-5-7-16(14,15)9-10/h10-11H,4-9,13H2,1-3H3. The van der Waals surface area contributed by atoms with E-state index in [2.05, 4.69) is 20.8 Å². The first-order valence-corrected chi connectivity index (χ1v) is 7.96. The number of hydrogen-bond acceptors (Lipinski definition) is 3. The number of hydrogen-bond donors (Lipinski definition) is 1. The Morgan fingerprint density at radius 3 is 2.44 bits per heavy atom. The van der Waals surface area contributed by atoms with E-state index in [4.69, 9.17) is 5.73 Å². The molecular formula is C12H25NO2S. The molecule has 96 valence electrons. The van der Waals surface area contributed by atoms with Crippen LogP contribution >= 0.6 is 0 Å². The van der Waals surface area contributed by atoms with Gasteiger partial charge < -0.3 is 5.73 Å². The van der Waals surface area contributed by atoms with E-state index in [1.807, 2.05) is 0 Å². The molecular weight excluding hydrogens is 222 g/mol. The summed E-state index contributed by atoms with van der Waals surface area (Å²) in [5.74, 6) is 1.03. The molecule has 1 saturated heterocycles. The van der Waals surface area contributed by atoms with Crippen LogP contribution in [0.3, 0.4) is 0 Å². The smallest absolute Gasteiger partial charge is 0.150 e. The fraction of sp³-hybridized carbons (Fsp3) is 1.00. The molecule has 1 heterocycles. The molecule has 0 aromatic carbocycles. The molecule has 4 heteroatoms. The van der Waals surface area contributed by atoms with Gasteiger partial charge in [-0.25, -0.2) is 8.42 Å². The van der Waals surface area contributed by atoms with Crippen LogP contribution in [0.15, 0.2) is 0 Å². The Morgan fingerprint density at radius 2 is 2.00 bits per heavy atom. The molecule has 16 heavy (non-hydrogen) atoms. The highest BCUT2D eigenvalue weighted by atomic mass is 32.2. The largest absolute Gasteiger partial charge is 0.328 e. The minimum atomic E-state index is -2.74. The lowest BCUT2D eigenvalue weighted by Crippen LogP contribution is -2.25. The highest BCUT2D eigenvalue weighted by Crippen LogP contribution is 2.26. The molecule has 0 aliphatic carbocycles. The first-order chi connectivity index (χ1) is 7.18. The third-order valence-electron chi connectivity index (χ3n) is 3.23. The first kappa shape index (κ1) is 14.0. The molecule has 2 atom stereocenters. The fourth-order valence-electron chi connectivity index (χ4n) is 2.22. The zero-order chi connectivity index (χ0) is 12.4. The molecule has 0 aromatic heterocycles. The summed E-state index contributed by atoms with van der Waals surface area (Å²) in [6.07, 6.45) is 3.79. The van der Waals surface area contributed by atoms with E-state index in [1.165, 1.54) is 0 Å². The number of rotatable bonds is 4. The SMILES string of the molecule is CC(C)(C)CCC(N)CC1CCS(=O)(=O)C1. The summed E-state index contributed by atoms with van der Waals surface area (Å²) < 4.78 is 22.6. The highest BCUT2D eigenvalue weighted by Gasteiger charge is 2.29. The summed E-state index contributed by atoms with van der Waals surface area (Å²) in [5, 5.41) is 0. The molecule has 0 amide bonds. The quantitative estimate of drug-likeness (QED) is 0.826. The van der Waals surface area contributed by atoms with Crippen LogP contribution in [0.5, 0.6) is 0 Å². The third kappa shape index (κ3) is 5.30. The monoisotopic (exact) mass is 247 g/mol. The van der Waals surface area contributed by atoms with E-state index < -0.39 is 9.84 Å². The predicted octanol–water partition coefficient (Wildman–Crippen LogP) is 1.96. The van der Waals surface area contributed by atoms with Crippen LogP contribution in [-0.2, 0) is 9.84 Å². The van der Waals surface area contributed by atoms with E-state index >= 15 is 0 Å². The minimum Gasteiger partial charge on any atom is -0.328 e. The van der Waals surface area contributed by atoms with E-state index in [1.54, 1.807) is 0 Å². The van der Waals surface area contributed by atoms with Crippen molar-refractivity contribution in [3.05, 3.63) is 0 Å². The number of sulfone groups is 1. The average molecular weight is 247 g/mol. The van der Waals surface area contributed by atoms with E-state index in [-0.39, 0.29) is 6.04 Å². The van der Waals surface area contributed by atoms with Crippen molar-refractivity contribution in [2.45, 2.75) is 52.5 Å². The van der Waals surface area contributed by atoms with Gasteiger partial charge in [0.1, 0.15) is 0 Å². The maximum absolute atomic E-state index is 11.3. The second-order valence-electron chi connectivity index (χ2n) is 6.36. The van der Waals surface area contributed by atoms with Crippen molar-refractivity contribution in [1.82, 2.24) is 0 Å². The first-order valence-electron chi connectivity index (χ1n) is 6.14. The molecule has 1 fully saturated rings. The van der Waals surface area contributed by atoms with Gasteiger partial charge in [-0.3, -0.25) is 0 Å². The van der Waals surface area contributed by atoms with Gasteiger partial charge >= 0.3 is 0 Å². The molecule has 1 aliphatic rings. The lowest BCUT2D eigenvalue weighted by atomic mass is 9.87. The molecule has 1 aliphatic heterocycles. The molecule has 0 saturated carbocycles. The molecule has 1 rings (SSSR count). The number of nitrogens with two attached hydrogens (primary N) is 1. The minimum absolute atomic E-state index is 0.164. The van der Waals surface area contributed by atoms with Crippen molar-refractivity contribution in [2.75, 3.05) is 11.5 Å². The van der Waals surface area contributed by atoms with Crippen molar-refractivity contribution in [3.63, 3.8) is 0 Å². The topological polar surface area (TPSA) is 60.2 Å². The zero-order valence-corrected chi connectivity index (χ0v) is 11.5. The summed E-state index contributed by atoms with van der Waals surface area (Å²) in [4.78, 5) is 0. The van der Waals surface area contributed by atoms with Gasteiger partial charge in [-0.05, 0) is 37.0 Å². The Labute approximate surface area is 99.7 Å². The maximum Gasteiger partial charge on any atom is 0.150 e. The normalized spacial score (nSPS) is 26.9. The van der Waals surface area contributed by atoms with Crippen LogP contribution in [0.25, 0.3) is 0 Å². The molecule has 0 bridgehead atoms. The molecule has 0 aromatic rings. The molecule has 2 unspecified atom stereocenters. The van der Waals surface area contributed by atoms with E-state index in [0.29, 0.717) is 22.8 Å². The van der Waals surface area contributed by atoms with Crippen LogP contribution in [0.1, 0.15) is 46.5 Å². The molecule has 2 N–H and O–H groups in total. The van der Waals surface area contributed by atoms with Crippen molar-refractivity contribution < 1.29 is 8.42 Å². The Hall–Kier alpha value is -0.0900. The van der Waals surface area contributed by atoms with Crippen molar-refractivity contribution in [3.8, 4) is 0 Å². The van der Waals surface area contributed by atoms with Gasteiger partial charge in [0.15, 0.2) is 9.84 Å². The molecule has 3 nitrogen and oxygen atoms in total. The molecule has 0 spiro atoms. The van der Waals surface area contributed by atoms with Gasteiger partial charge in [-0.2, -0.15) is 0 Å². The van der Waals surface area contributed by atoms with Gasteiger partial charge in [-0.15, -0.1) is 0 Å². The summed E-state index contributed by atoms with van der Waals surface area (Å²) >= 11 is 0. The summed E-state index contributed by atoms with van der Waals surface area (Å²) in [6.45, 7) is 6.62. The van der Waals surface area contributed by atoms with E-state index in [0.717, 1.165) is 25.7 Å². The van der Waals surface area contributed by atoms with Crippen LogP contribution in [-0.4, -0.2) is 26.0 Å². The van der Waals surface area contributed by atoms with Crippen molar-refractivity contribution >= 4 is 9.84 Å². The zero-order valence-electron chi connectivity index (χ0n) is 10.7. The molecule has 0 radical (unpaired) electrons. The van der Waals surface area contributed by atoms with Crippen LogP contribution in [0.4, 0.5) is 0 Å². The predicted molar refractivity (Wildman–Crippen MR) is 68.0 cm³/mol. The summed E-state index contributed by atoms with van der Waals surface area (Å²) in [6, 6.07) is 0.164. The second kappa shape index (κ2) is 5.05. The Bertz CT molecular complexity index is 316. The van der Waals surface area contributed by atoms with Crippen molar-refractivity contribution in [1.29, 1.82) is 0 Å². The van der Waals surface area contributed by atoms with Gasteiger partial charge in [0.25, 0.3) is 0 Å². The second-order valence-corrected chi connectivity index (χ2v) is 8.59. The van der Waals surface area contributed by atoms with Gasteiger partial charge in [0, 0.05) is 6.04 Å². The van der Waals surface area contributed by atoms with E-state index in [9.17, 15) is 8.42 Å².